The topological polar surface area (TPSA) is 80.1 Å². The van der Waals surface area contributed by atoms with Gasteiger partial charge in [0.1, 0.15) is 5.82 Å². The summed E-state index contributed by atoms with van der Waals surface area (Å²) >= 11 is 0. The molecule has 0 spiro atoms. The molecule has 1 atom stereocenters. The number of nitrogens with zero attached hydrogens (tertiary/aromatic N) is 4. The van der Waals surface area contributed by atoms with E-state index < -0.39 is 10.0 Å². The third-order valence-corrected chi connectivity index (χ3v) is 5.70. The third kappa shape index (κ3) is 4.00. The predicted octanol–water partition coefficient (Wildman–Crippen LogP) is 0.924. The summed E-state index contributed by atoms with van der Waals surface area (Å²) < 4.78 is 29.0. The van der Waals surface area contributed by atoms with E-state index in [1.165, 1.54) is 0 Å². The van der Waals surface area contributed by atoms with E-state index in [0.717, 1.165) is 31.7 Å². The smallest absolute Gasteiger partial charge is 0.259 e. The highest BCUT2D eigenvalue weighted by atomic mass is 32.2. The zero-order valence-corrected chi connectivity index (χ0v) is 14.8. The summed E-state index contributed by atoms with van der Waals surface area (Å²) in [7, 11) is -1.75. The van der Waals surface area contributed by atoms with Crippen LogP contribution in [-0.2, 0) is 23.6 Å². The normalized spacial score (nSPS) is 19.0. The zero-order valence-electron chi connectivity index (χ0n) is 14.0. The molecule has 24 heavy (non-hydrogen) atoms. The lowest BCUT2D eigenvalue weighted by atomic mass is 10.1. The van der Waals surface area contributed by atoms with Gasteiger partial charge in [0.25, 0.3) is 10.0 Å². The lowest BCUT2D eigenvalue weighted by Crippen LogP contribution is -2.31. The molecule has 2 aromatic rings. The van der Waals surface area contributed by atoms with Crippen LogP contribution in [0.25, 0.3) is 0 Å². The molecule has 3 rings (SSSR count). The first-order valence-electron chi connectivity index (χ1n) is 8.06. The first-order chi connectivity index (χ1) is 11.4. The highest BCUT2D eigenvalue weighted by Gasteiger charge is 2.25. The Hall–Kier alpha value is -1.77. The molecule has 1 N–H and O–H groups in total. The van der Waals surface area contributed by atoms with Crippen LogP contribution >= 0.6 is 0 Å². The number of sulfonamides is 1. The summed E-state index contributed by atoms with van der Waals surface area (Å²) in [5.74, 6) is 0.992. The number of likely N-dealkylation sites (tertiary alicyclic amines) is 1. The lowest BCUT2D eigenvalue weighted by Gasteiger charge is -2.15. The molecule has 7 nitrogen and oxygen atoms in total. The molecular formula is C16H23N5O2S. The fraction of sp³-hybridized carbons (Fsp3) is 0.500. The van der Waals surface area contributed by atoms with Crippen LogP contribution in [0.5, 0.6) is 0 Å². The Morgan fingerprint density at radius 3 is 2.88 bits per heavy atom. The number of aromatic nitrogens is 3. The summed E-state index contributed by atoms with van der Waals surface area (Å²) in [5.41, 5.74) is 1.04. The van der Waals surface area contributed by atoms with Crippen molar-refractivity contribution in [2.24, 2.45) is 13.0 Å². The molecule has 0 aliphatic carbocycles. The molecule has 1 fully saturated rings. The molecule has 1 aliphatic heterocycles. The van der Waals surface area contributed by atoms with E-state index in [1.54, 1.807) is 30.9 Å². The highest BCUT2D eigenvalue weighted by molar-refractivity contribution is 7.89. The Balaban J connectivity index is 1.52. The van der Waals surface area contributed by atoms with Crippen LogP contribution in [0.15, 0.2) is 35.6 Å². The molecule has 3 heterocycles. The first kappa shape index (κ1) is 17.1. The van der Waals surface area contributed by atoms with Crippen molar-refractivity contribution in [3.63, 3.8) is 0 Å². The van der Waals surface area contributed by atoms with Crippen molar-refractivity contribution < 1.29 is 8.42 Å². The van der Waals surface area contributed by atoms with E-state index in [4.69, 9.17) is 0 Å². The average Bonchev–Trinajstić information content (AvgIpc) is 3.14. The van der Waals surface area contributed by atoms with Crippen molar-refractivity contribution in [1.29, 1.82) is 0 Å². The minimum absolute atomic E-state index is 0.0887. The van der Waals surface area contributed by atoms with Gasteiger partial charge in [0.2, 0.25) is 0 Å². The van der Waals surface area contributed by atoms with Crippen LogP contribution in [0.4, 0.5) is 0 Å². The van der Waals surface area contributed by atoms with Gasteiger partial charge in [-0.15, -0.1) is 0 Å². The molecule has 130 valence electrons. The molecule has 0 amide bonds. The second-order valence-corrected chi connectivity index (χ2v) is 8.01. The van der Waals surface area contributed by atoms with E-state index in [2.05, 4.69) is 19.6 Å². The second kappa shape index (κ2) is 7.00. The number of nitrogens with one attached hydrogen (secondary N) is 1. The molecule has 0 saturated carbocycles. The summed E-state index contributed by atoms with van der Waals surface area (Å²) in [6.45, 7) is 4.87. The van der Waals surface area contributed by atoms with Crippen molar-refractivity contribution in [3.8, 4) is 0 Å². The van der Waals surface area contributed by atoms with E-state index in [1.807, 2.05) is 18.2 Å². The van der Waals surface area contributed by atoms with Gasteiger partial charge in [-0.2, -0.15) is 0 Å². The molecule has 2 aromatic heterocycles. The summed E-state index contributed by atoms with van der Waals surface area (Å²) in [4.78, 5) is 10.7. The van der Waals surface area contributed by atoms with E-state index in [0.29, 0.717) is 18.3 Å². The van der Waals surface area contributed by atoms with Crippen molar-refractivity contribution in [2.75, 3.05) is 19.6 Å². The fourth-order valence-corrected chi connectivity index (χ4v) is 4.05. The number of hydrogen-bond donors (Lipinski definition) is 1. The number of imidazole rings is 1. The predicted molar refractivity (Wildman–Crippen MR) is 90.8 cm³/mol. The van der Waals surface area contributed by atoms with Gasteiger partial charge in [-0.05, 0) is 37.9 Å². The van der Waals surface area contributed by atoms with Crippen molar-refractivity contribution in [3.05, 3.63) is 42.1 Å². The van der Waals surface area contributed by atoms with Gasteiger partial charge in [-0.3, -0.25) is 9.88 Å². The molecule has 1 saturated heterocycles. The molecule has 1 aliphatic rings. The Morgan fingerprint density at radius 2 is 2.21 bits per heavy atom. The maximum absolute atomic E-state index is 12.3. The Kier molecular flexibility index (Phi) is 4.98. The van der Waals surface area contributed by atoms with Crippen LogP contribution < -0.4 is 4.72 Å². The van der Waals surface area contributed by atoms with Gasteiger partial charge in [0.15, 0.2) is 5.03 Å². The van der Waals surface area contributed by atoms with E-state index in [-0.39, 0.29) is 5.03 Å². The number of aryl methyl sites for hydroxylation is 2. The van der Waals surface area contributed by atoms with Crippen LogP contribution in [0.1, 0.15) is 17.9 Å². The molecule has 0 aromatic carbocycles. The van der Waals surface area contributed by atoms with Crippen LogP contribution in [-0.4, -0.2) is 47.5 Å². The first-order valence-corrected chi connectivity index (χ1v) is 9.54. The van der Waals surface area contributed by atoms with Gasteiger partial charge in [0.05, 0.1) is 5.69 Å². The quantitative estimate of drug-likeness (QED) is 0.839. The van der Waals surface area contributed by atoms with E-state index in [9.17, 15) is 8.42 Å². The number of pyridine rings is 1. The minimum atomic E-state index is -3.54. The van der Waals surface area contributed by atoms with Crippen molar-refractivity contribution in [2.45, 2.75) is 24.9 Å². The van der Waals surface area contributed by atoms with Gasteiger partial charge in [-0.25, -0.2) is 18.1 Å². The minimum Gasteiger partial charge on any atom is -0.337 e. The Morgan fingerprint density at radius 1 is 1.38 bits per heavy atom. The van der Waals surface area contributed by atoms with Crippen molar-refractivity contribution in [1.82, 2.24) is 24.2 Å². The summed E-state index contributed by atoms with van der Waals surface area (Å²) in [6, 6.07) is 5.91. The second-order valence-electron chi connectivity index (χ2n) is 6.30. The van der Waals surface area contributed by atoms with Gasteiger partial charge >= 0.3 is 0 Å². The summed E-state index contributed by atoms with van der Waals surface area (Å²) in [6.07, 6.45) is 4.32. The van der Waals surface area contributed by atoms with Gasteiger partial charge < -0.3 is 4.57 Å². The molecular weight excluding hydrogens is 326 g/mol. The third-order valence-electron chi connectivity index (χ3n) is 4.41. The van der Waals surface area contributed by atoms with Gasteiger partial charge in [-0.1, -0.05) is 6.07 Å². The zero-order chi connectivity index (χ0) is 17.2. The largest absolute Gasteiger partial charge is 0.337 e. The van der Waals surface area contributed by atoms with Crippen LogP contribution in [0.2, 0.25) is 0 Å². The SMILES string of the molecule is Cc1nc(S(=O)(=O)NCC2CCN(Cc3ccccn3)C2)cn1C. The fourth-order valence-electron chi connectivity index (χ4n) is 2.90. The summed E-state index contributed by atoms with van der Waals surface area (Å²) in [5, 5.41) is 0.0887. The van der Waals surface area contributed by atoms with Crippen LogP contribution in [0, 0.1) is 12.8 Å². The maximum atomic E-state index is 12.3. The molecule has 8 heteroatoms. The lowest BCUT2D eigenvalue weighted by molar-refractivity contribution is 0.313. The highest BCUT2D eigenvalue weighted by Crippen LogP contribution is 2.18. The monoisotopic (exact) mass is 349 g/mol. The standard InChI is InChI=1S/C16H23N5O2S/c1-13-19-16(12-20(13)2)24(22,23)18-9-14-6-8-21(10-14)11-15-5-3-4-7-17-15/h3-5,7,12,14,18H,6,8-11H2,1-2H3. The Labute approximate surface area is 142 Å². The molecule has 1 unspecified atom stereocenters. The van der Waals surface area contributed by atoms with Crippen LogP contribution in [0.3, 0.4) is 0 Å². The van der Waals surface area contributed by atoms with E-state index >= 15 is 0 Å². The molecule has 0 radical (unpaired) electrons. The number of hydrogen-bond acceptors (Lipinski definition) is 5. The molecule has 0 bridgehead atoms. The average molecular weight is 349 g/mol. The van der Waals surface area contributed by atoms with Crippen molar-refractivity contribution >= 4 is 10.0 Å². The van der Waals surface area contributed by atoms with Gasteiger partial charge in [0, 0.05) is 39.1 Å². The maximum Gasteiger partial charge on any atom is 0.259 e. The number of rotatable bonds is 6. The Bertz CT molecular complexity index is 769.